The van der Waals surface area contributed by atoms with E-state index in [9.17, 15) is 0 Å². The van der Waals surface area contributed by atoms with Gasteiger partial charge in [-0.15, -0.1) is 0 Å². The lowest BCUT2D eigenvalue weighted by Crippen LogP contribution is -1.97. The molecule has 1 aromatic carbocycles. The van der Waals surface area contributed by atoms with Crippen molar-refractivity contribution < 1.29 is 4.74 Å². The third kappa shape index (κ3) is 1.09. The van der Waals surface area contributed by atoms with Crippen molar-refractivity contribution in [3.05, 3.63) is 21.7 Å². The quantitative estimate of drug-likeness (QED) is 0.649. The van der Waals surface area contributed by atoms with Crippen molar-refractivity contribution in [2.75, 3.05) is 12.3 Å². The molecule has 70 valence electrons. The molecule has 3 heteroatoms. The van der Waals surface area contributed by atoms with Crippen molar-refractivity contribution in [1.82, 2.24) is 0 Å². The molecule has 0 saturated carbocycles. The number of nitrogens with two attached hydrogens (primary N) is 1. The fraction of sp³-hybridized carbons (Fsp3) is 0.400. The van der Waals surface area contributed by atoms with Gasteiger partial charge in [-0.1, -0.05) is 11.6 Å². The zero-order chi connectivity index (χ0) is 9.59. The van der Waals surface area contributed by atoms with Crippen molar-refractivity contribution >= 4 is 17.3 Å². The molecule has 1 aliphatic rings. The summed E-state index contributed by atoms with van der Waals surface area (Å²) in [6, 6.07) is 0. The molecule has 0 aliphatic carbocycles. The molecule has 1 heterocycles. The second kappa shape index (κ2) is 2.81. The molecule has 2 nitrogen and oxygen atoms in total. The van der Waals surface area contributed by atoms with E-state index in [1.165, 1.54) is 5.56 Å². The summed E-state index contributed by atoms with van der Waals surface area (Å²) in [5, 5.41) is 0.779. The van der Waals surface area contributed by atoms with Crippen LogP contribution in [0.25, 0.3) is 0 Å². The van der Waals surface area contributed by atoms with Crippen LogP contribution in [0.5, 0.6) is 5.75 Å². The zero-order valence-corrected chi connectivity index (χ0v) is 8.53. The summed E-state index contributed by atoms with van der Waals surface area (Å²) in [7, 11) is 0. The SMILES string of the molecule is Cc1c(N)c2c(c(C)c1Cl)CCO2. The van der Waals surface area contributed by atoms with Gasteiger partial charge in [-0.2, -0.15) is 0 Å². The molecule has 0 bridgehead atoms. The molecule has 1 aromatic rings. The summed E-state index contributed by atoms with van der Waals surface area (Å²) in [6.07, 6.45) is 0.922. The Kier molecular flexibility index (Phi) is 1.88. The number of fused-ring (bicyclic) bond motifs is 1. The number of benzene rings is 1. The van der Waals surface area contributed by atoms with Gasteiger partial charge in [0.05, 0.1) is 12.3 Å². The Hall–Kier alpha value is -0.890. The Labute approximate surface area is 82.6 Å². The monoisotopic (exact) mass is 197 g/mol. The van der Waals surface area contributed by atoms with Gasteiger partial charge in [0.25, 0.3) is 0 Å². The number of ether oxygens (including phenoxy) is 1. The van der Waals surface area contributed by atoms with Crippen molar-refractivity contribution in [2.45, 2.75) is 20.3 Å². The lowest BCUT2D eigenvalue weighted by Gasteiger charge is -2.12. The highest BCUT2D eigenvalue weighted by molar-refractivity contribution is 6.32. The molecule has 0 aromatic heterocycles. The number of anilines is 1. The fourth-order valence-corrected chi connectivity index (χ4v) is 1.97. The van der Waals surface area contributed by atoms with E-state index in [0.717, 1.165) is 34.9 Å². The Balaban J connectivity index is 2.77. The van der Waals surface area contributed by atoms with E-state index in [1.807, 2.05) is 13.8 Å². The second-order valence-electron chi connectivity index (χ2n) is 3.38. The van der Waals surface area contributed by atoms with Crippen LogP contribution in [-0.4, -0.2) is 6.61 Å². The highest BCUT2D eigenvalue weighted by atomic mass is 35.5. The Morgan fingerprint density at radius 2 is 2.00 bits per heavy atom. The van der Waals surface area contributed by atoms with Crippen molar-refractivity contribution in [2.24, 2.45) is 0 Å². The molecule has 0 amide bonds. The molecule has 0 unspecified atom stereocenters. The molecule has 1 aliphatic heterocycles. The van der Waals surface area contributed by atoms with Crippen LogP contribution in [0.3, 0.4) is 0 Å². The first-order chi connectivity index (χ1) is 6.13. The molecule has 2 rings (SSSR count). The zero-order valence-electron chi connectivity index (χ0n) is 7.78. The van der Waals surface area contributed by atoms with E-state index in [4.69, 9.17) is 22.1 Å². The third-order valence-corrected chi connectivity index (χ3v) is 3.20. The fourth-order valence-electron chi connectivity index (χ4n) is 1.76. The van der Waals surface area contributed by atoms with Gasteiger partial charge in [0.15, 0.2) is 0 Å². The van der Waals surface area contributed by atoms with Crippen LogP contribution in [0.4, 0.5) is 5.69 Å². The maximum absolute atomic E-state index is 6.13. The van der Waals surface area contributed by atoms with Gasteiger partial charge in [-0.25, -0.2) is 0 Å². The van der Waals surface area contributed by atoms with Crippen LogP contribution in [0, 0.1) is 13.8 Å². The maximum atomic E-state index is 6.13. The van der Waals surface area contributed by atoms with Gasteiger partial charge in [-0.3, -0.25) is 0 Å². The van der Waals surface area contributed by atoms with Crippen LogP contribution in [0.15, 0.2) is 0 Å². The van der Waals surface area contributed by atoms with E-state index >= 15 is 0 Å². The van der Waals surface area contributed by atoms with Gasteiger partial charge >= 0.3 is 0 Å². The van der Waals surface area contributed by atoms with E-state index < -0.39 is 0 Å². The number of rotatable bonds is 0. The smallest absolute Gasteiger partial charge is 0.146 e. The minimum Gasteiger partial charge on any atom is -0.491 e. The van der Waals surface area contributed by atoms with Gasteiger partial charge < -0.3 is 10.5 Å². The molecular weight excluding hydrogens is 186 g/mol. The third-order valence-electron chi connectivity index (χ3n) is 2.63. The highest BCUT2D eigenvalue weighted by Crippen LogP contribution is 2.41. The molecule has 2 N–H and O–H groups in total. The summed E-state index contributed by atoms with van der Waals surface area (Å²) in [6.45, 7) is 4.66. The first kappa shape index (κ1) is 8.70. The Morgan fingerprint density at radius 1 is 1.31 bits per heavy atom. The van der Waals surface area contributed by atoms with Crippen LogP contribution < -0.4 is 10.5 Å². The predicted molar refractivity (Wildman–Crippen MR) is 54.5 cm³/mol. The lowest BCUT2D eigenvalue weighted by atomic mass is 10.0. The summed E-state index contributed by atoms with van der Waals surface area (Å²) >= 11 is 6.13. The van der Waals surface area contributed by atoms with E-state index in [-0.39, 0.29) is 0 Å². The summed E-state index contributed by atoms with van der Waals surface area (Å²) in [5.74, 6) is 0.847. The number of nitrogen functional groups attached to an aromatic ring is 1. The first-order valence-corrected chi connectivity index (χ1v) is 4.70. The number of hydrogen-bond acceptors (Lipinski definition) is 2. The molecular formula is C10H12ClNO. The topological polar surface area (TPSA) is 35.2 Å². The minimum atomic E-state index is 0.697. The van der Waals surface area contributed by atoms with Crippen molar-refractivity contribution in [3.63, 3.8) is 0 Å². The molecule has 13 heavy (non-hydrogen) atoms. The highest BCUT2D eigenvalue weighted by Gasteiger charge is 2.21. The summed E-state index contributed by atoms with van der Waals surface area (Å²) in [4.78, 5) is 0. The van der Waals surface area contributed by atoms with E-state index in [0.29, 0.717) is 5.69 Å². The number of hydrogen-bond donors (Lipinski definition) is 1. The lowest BCUT2D eigenvalue weighted by molar-refractivity contribution is 0.358. The summed E-state index contributed by atoms with van der Waals surface area (Å²) < 4.78 is 5.46. The maximum Gasteiger partial charge on any atom is 0.146 e. The van der Waals surface area contributed by atoms with Gasteiger partial charge in [0.2, 0.25) is 0 Å². The second-order valence-corrected chi connectivity index (χ2v) is 3.76. The largest absolute Gasteiger partial charge is 0.491 e. The van der Waals surface area contributed by atoms with Gasteiger partial charge in [-0.05, 0) is 25.0 Å². The predicted octanol–water partition coefficient (Wildman–Crippen LogP) is 2.47. The minimum absolute atomic E-state index is 0.697. The molecule has 0 saturated heterocycles. The van der Waals surface area contributed by atoms with Gasteiger partial charge in [0, 0.05) is 17.0 Å². The summed E-state index contributed by atoms with van der Waals surface area (Å²) in [5.41, 5.74) is 9.81. The van der Waals surface area contributed by atoms with Crippen LogP contribution in [-0.2, 0) is 6.42 Å². The molecule has 0 atom stereocenters. The van der Waals surface area contributed by atoms with Crippen molar-refractivity contribution in [1.29, 1.82) is 0 Å². The van der Waals surface area contributed by atoms with Crippen LogP contribution in [0.1, 0.15) is 16.7 Å². The Morgan fingerprint density at radius 3 is 2.69 bits per heavy atom. The van der Waals surface area contributed by atoms with E-state index in [2.05, 4.69) is 0 Å². The van der Waals surface area contributed by atoms with Gasteiger partial charge in [0.1, 0.15) is 5.75 Å². The van der Waals surface area contributed by atoms with E-state index in [1.54, 1.807) is 0 Å². The van der Waals surface area contributed by atoms with Crippen molar-refractivity contribution in [3.8, 4) is 5.75 Å². The molecule has 0 fully saturated rings. The molecule has 0 spiro atoms. The normalized spacial score (nSPS) is 14.1. The average Bonchev–Trinajstić information content (AvgIpc) is 2.59. The average molecular weight is 198 g/mol. The van der Waals surface area contributed by atoms with Crippen LogP contribution in [0.2, 0.25) is 5.02 Å². The number of halogens is 1. The standard InChI is InChI=1S/C10H12ClNO/c1-5-7-3-4-13-10(7)9(12)6(2)8(5)11/h3-4,12H2,1-2H3. The van der Waals surface area contributed by atoms with Crippen LogP contribution >= 0.6 is 11.6 Å². The molecule has 0 radical (unpaired) electrons. The first-order valence-electron chi connectivity index (χ1n) is 4.32. The Bertz CT molecular complexity index is 339.